The van der Waals surface area contributed by atoms with E-state index >= 15 is 0 Å². The smallest absolute Gasteiger partial charge is 0.277 e. The van der Waals surface area contributed by atoms with Crippen molar-refractivity contribution in [3.63, 3.8) is 0 Å². The molecule has 0 N–H and O–H groups in total. The standard InChI is InChI=1S/C23H31N3O3/c1-18-7-5-11-25(17-18)21-20(19-8-3-2-4-9-19)22(27)26(23(21)28)12-6-10-24-13-15-29-16-14-24/h2-4,8-9,18H,5-7,10-17H2,1H3. The summed E-state index contributed by atoms with van der Waals surface area (Å²) in [5, 5.41) is 0. The number of amides is 2. The average molecular weight is 398 g/mol. The molecule has 2 amide bonds. The van der Waals surface area contributed by atoms with Crippen LogP contribution in [0.3, 0.4) is 0 Å². The van der Waals surface area contributed by atoms with E-state index in [4.69, 9.17) is 4.74 Å². The van der Waals surface area contributed by atoms with Gasteiger partial charge in [0.1, 0.15) is 5.70 Å². The van der Waals surface area contributed by atoms with Gasteiger partial charge in [-0.3, -0.25) is 19.4 Å². The number of carbonyl (C=O) groups excluding carboxylic acids is 2. The van der Waals surface area contributed by atoms with Crippen LogP contribution in [0, 0.1) is 5.92 Å². The van der Waals surface area contributed by atoms with Gasteiger partial charge in [0.05, 0.1) is 18.8 Å². The SMILES string of the molecule is CC1CCCN(C2=C(c3ccccc3)C(=O)N(CCCN3CCOCC3)C2=O)C1. The van der Waals surface area contributed by atoms with Crippen molar-refractivity contribution in [2.75, 3.05) is 52.5 Å². The number of imide groups is 1. The van der Waals surface area contributed by atoms with Crippen LogP contribution in [0.1, 0.15) is 31.7 Å². The number of hydrogen-bond acceptors (Lipinski definition) is 5. The van der Waals surface area contributed by atoms with Crippen LogP contribution in [-0.4, -0.2) is 79.0 Å². The Labute approximate surface area is 173 Å². The molecule has 1 atom stereocenters. The van der Waals surface area contributed by atoms with Crippen LogP contribution in [0.15, 0.2) is 36.0 Å². The van der Waals surface area contributed by atoms with Crippen molar-refractivity contribution < 1.29 is 14.3 Å². The highest BCUT2D eigenvalue weighted by atomic mass is 16.5. The average Bonchev–Trinajstić information content (AvgIpc) is 3.00. The van der Waals surface area contributed by atoms with Gasteiger partial charge in [-0.05, 0) is 30.7 Å². The normalized spacial score (nSPS) is 24.0. The largest absolute Gasteiger partial charge is 0.379 e. The van der Waals surface area contributed by atoms with Crippen molar-refractivity contribution in [2.45, 2.75) is 26.2 Å². The summed E-state index contributed by atoms with van der Waals surface area (Å²) in [5.74, 6) is 0.271. The lowest BCUT2D eigenvalue weighted by atomic mass is 9.98. The van der Waals surface area contributed by atoms with Gasteiger partial charge in [0.25, 0.3) is 11.8 Å². The molecule has 0 aliphatic carbocycles. The van der Waals surface area contributed by atoms with Gasteiger partial charge < -0.3 is 9.64 Å². The molecule has 3 heterocycles. The number of benzene rings is 1. The number of ether oxygens (including phenoxy) is 1. The van der Waals surface area contributed by atoms with Crippen molar-refractivity contribution >= 4 is 17.4 Å². The maximum Gasteiger partial charge on any atom is 0.277 e. The molecule has 0 bridgehead atoms. The van der Waals surface area contributed by atoms with Gasteiger partial charge in [0.15, 0.2) is 0 Å². The van der Waals surface area contributed by atoms with Gasteiger partial charge in [-0.15, -0.1) is 0 Å². The highest BCUT2D eigenvalue weighted by Gasteiger charge is 2.41. The molecule has 3 aliphatic heterocycles. The molecule has 1 aromatic rings. The minimum atomic E-state index is -0.142. The molecule has 3 aliphatic rings. The molecule has 2 fully saturated rings. The predicted molar refractivity (Wildman–Crippen MR) is 112 cm³/mol. The molecule has 156 valence electrons. The Kier molecular flexibility index (Phi) is 6.31. The van der Waals surface area contributed by atoms with E-state index in [1.165, 1.54) is 11.3 Å². The molecule has 6 nitrogen and oxygen atoms in total. The Morgan fingerprint density at radius 1 is 1.00 bits per heavy atom. The van der Waals surface area contributed by atoms with Crippen LogP contribution in [-0.2, 0) is 14.3 Å². The zero-order valence-electron chi connectivity index (χ0n) is 17.3. The van der Waals surface area contributed by atoms with Crippen LogP contribution in [0.4, 0.5) is 0 Å². The second kappa shape index (κ2) is 9.09. The molecule has 29 heavy (non-hydrogen) atoms. The third-order valence-corrected chi connectivity index (χ3v) is 6.14. The van der Waals surface area contributed by atoms with Gasteiger partial charge in [-0.2, -0.15) is 0 Å². The van der Waals surface area contributed by atoms with Crippen LogP contribution in [0.2, 0.25) is 0 Å². The monoisotopic (exact) mass is 397 g/mol. The van der Waals surface area contributed by atoms with Crippen molar-refractivity contribution in [3.05, 3.63) is 41.6 Å². The first-order chi connectivity index (χ1) is 14.1. The maximum atomic E-state index is 13.4. The van der Waals surface area contributed by atoms with Crippen LogP contribution >= 0.6 is 0 Å². The van der Waals surface area contributed by atoms with E-state index in [0.29, 0.717) is 23.7 Å². The summed E-state index contributed by atoms with van der Waals surface area (Å²) in [6, 6.07) is 9.67. The molecule has 1 unspecified atom stereocenters. The second-order valence-electron chi connectivity index (χ2n) is 8.35. The van der Waals surface area contributed by atoms with E-state index in [1.807, 2.05) is 30.3 Å². The van der Waals surface area contributed by atoms with Gasteiger partial charge >= 0.3 is 0 Å². The number of piperidine rings is 1. The summed E-state index contributed by atoms with van der Waals surface area (Å²) in [4.78, 5) is 32.6. The van der Waals surface area contributed by atoms with Crippen LogP contribution < -0.4 is 0 Å². The van der Waals surface area contributed by atoms with Crippen LogP contribution in [0.25, 0.3) is 5.57 Å². The first kappa shape index (κ1) is 20.1. The van der Waals surface area contributed by atoms with Gasteiger partial charge in [0, 0.05) is 39.3 Å². The van der Waals surface area contributed by atoms with E-state index in [0.717, 1.165) is 64.3 Å². The number of nitrogens with zero attached hydrogens (tertiary/aromatic N) is 3. The zero-order valence-corrected chi connectivity index (χ0v) is 17.3. The number of rotatable bonds is 6. The molecule has 2 saturated heterocycles. The lowest BCUT2D eigenvalue weighted by Crippen LogP contribution is -2.41. The number of likely N-dealkylation sites (tertiary alicyclic amines) is 1. The number of morpholine rings is 1. The summed E-state index contributed by atoms with van der Waals surface area (Å²) < 4.78 is 5.39. The molecular formula is C23H31N3O3. The fourth-order valence-electron chi connectivity index (χ4n) is 4.59. The summed E-state index contributed by atoms with van der Waals surface area (Å²) in [6.07, 6.45) is 3.03. The van der Waals surface area contributed by atoms with E-state index in [1.54, 1.807) is 0 Å². The fourth-order valence-corrected chi connectivity index (χ4v) is 4.59. The lowest BCUT2D eigenvalue weighted by Gasteiger charge is -2.33. The van der Waals surface area contributed by atoms with E-state index in [2.05, 4.69) is 16.7 Å². The molecule has 0 aromatic heterocycles. The van der Waals surface area contributed by atoms with E-state index < -0.39 is 0 Å². The molecular weight excluding hydrogens is 366 g/mol. The number of carbonyl (C=O) groups is 2. The van der Waals surface area contributed by atoms with E-state index in [9.17, 15) is 9.59 Å². The van der Waals surface area contributed by atoms with E-state index in [-0.39, 0.29) is 11.8 Å². The summed E-state index contributed by atoms with van der Waals surface area (Å²) in [7, 11) is 0. The van der Waals surface area contributed by atoms with Crippen molar-refractivity contribution in [1.29, 1.82) is 0 Å². The highest BCUT2D eigenvalue weighted by Crippen LogP contribution is 2.33. The third kappa shape index (κ3) is 4.38. The first-order valence-electron chi connectivity index (χ1n) is 10.9. The fraction of sp³-hybridized carbons (Fsp3) is 0.565. The Bertz CT molecular complexity index is 771. The van der Waals surface area contributed by atoms with Gasteiger partial charge in [-0.25, -0.2) is 0 Å². The second-order valence-corrected chi connectivity index (χ2v) is 8.35. The number of hydrogen-bond donors (Lipinski definition) is 0. The molecule has 0 saturated carbocycles. The van der Waals surface area contributed by atoms with Gasteiger partial charge in [0.2, 0.25) is 0 Å². The first-order valence-corrected chi connectivity index (χ1v) is 10.9. The summed E-state index contributed by atoms with van der Waals surface area (Å²) in [6.45, 7) is 8.63. The Hall–Kier alpha value is -2.18. The topological polar surface area (TPSA) is 53.1 Å². The summed E-state index contributed by atoms with van der Waals surface area (Å²) >= 11 is 0. The van der Waals surface area contributed by atoms with Crippen molar-refractivity contribution in [3.8, 4) is 0 Å². The highest BCUT2D eigenvalue weighted by molar-refractivity contribution is 6.35. The Morgan fingerprint density at radius 2 is 1.76 bits per heavy atom. The Morgan fingerprint density at radius 3 is 2.48 bits per heavy atom. The predicted octanol–water partition coefficient (Wildman–Crippen LogP) is 2.22. The molecule has 0 spiro atoms. The quantitative estimate of drug-likeness (QED) is 0.689. The Balaban J connectivity index is 1.53. The van der Waals surface area contributed by atoms with Gasteiger partial charge in [-0.1, -0.05) is 37.3 Å². The van der Waals surface area contributed by atoms with Crippen molar-refractivity contribution in [2.24, 2.45) is 5.92 Å². The molecule has 6 heteroatoms. The summed E-state index contributed by atoms with van der Waals surface area (Å²) in [5.41, 5.74) is 2.03. The maximum absolute atomic E-state index is 13.4. The molecule has 0 radical (unpaired) electrons. The van der Waals surface area contributed by atoms with Crippen molar-refractivity contribution in [1.82, 2.24) is 14.7 Å². The molecule has 1 aromatic carbocycles. The van der Waals surface area contributed by atoms with Crippen LogP contribution in [0.5, 0.6) is 0 Å². The lowest BCUT2D eigenvalue weighted by molar-refractivity contribution is -0.137. The zero-order chi connectivity index (χ0) is 20.2. The minimum Gasteiger partial charge on any atom is -0.379 e. The minimum absolute atomic E-state index is 0.120. The third-order valence-electron chi connectivity index (χ3n) is 6.14. The molecule has 4 rings (SSSR count).